The van der Waals surface area contributed by atoms with E-state index >= 15 is 0 Å². The minimum Gasteiger partial charge on any atom is -0.333 e. The molecule has 2 heterocycles. The summed E-state index contributed by atoms with van der Waals surface area (Å²) >= 11 is 0. The number of benzene rings is 2. The van der Waals surface area contributed by atoms with Gasteiger partial charge < -0.3 is 14.8 Å². The Labute approximate surface area is 216 Å². The predicted molar refractivity (Wildman–Crippen MR) is 128 cm³/mol. The van der Waals surface area contributed by atoms with Crippen LogP contribution >= 0.6 is 0 Å². The smallest absolute Gasteiger partial charge is 0.333 e. The molecule has 0 bridgehead atoms. The molecule has 206 valence electrons. The molecule has 2 atom stereocenters. The van der Waals surface area contributed by atoms with Crippen LogP contribution in [0.25, 0.3) is 0 Å². The third-order valence-electron chi connectivity index (χ3n) is 6.12. The van der Waals surface area contributed by atoms with Crippen molar-refractivity contribution in [2.24, 2.45) is 0 Å². The molecule has 1 aliphatic heterocycles. The van der Waals surface area contributed by atoms with E-state index in [1.165, 1.54) is 4.90 Å². The van der Waals surface area contributed by atoms with Crippen molar-refractivity contribution in [1.29, 1.82) is 0 Å². The topological polar surface area (TPSA) is 63.1 Å². The van der Waals surface area contributed by atoms with E-state index in [1.54, 1.807) is 0 Å². The Morgan fingerprint density at radius 2 is 1.66 bits per heavy atom. The molecule has 0 saturated heterocycles. The number of carbonyl (C=O) groups excluding carboxylic acids is 1. The number of fused-ring (bicyclic) bond motifs is 1. The second-order valence-corrected chi connectivity index (χ2v) is 8.67. The van der Waals surface area contributed by atoms with Crippen LogP contribution in [0.4, 0.5) is 26.3 Å². The second kappa shape index (κ2) is 12.4. The summed E-state index contributed by atoms with van der Waals surface area (Å²) in [7, 11) is 0. The van der Waals surface area contributed by atoms with E-state index in [-0.39, 0.29) is 49.9 Å². The lowest BCUT2D eigenvalue weighted by Gasteiger charge is -2.30. The predicted octanol–water partition coefficient (Wildman–Crippen LogP) is 5.43. The maximum atomic E-state index is 14.4. The average Bonchev–Trinajstić information content (AvgIpc) is 3.33. The molecule has 0 spiro atoms. The first-order valence-corrected chi connectivity index (χ1v) is 12.2. The lowest BCUT2D eigenvalue weighted by molar-refractivity contribution is -0.148. The molecule has 1 N–H and O–H groups in total. The van der Waals surface area contributed by atoms with Crippen LogP contribution in [-0.2, 0) is 30.5 Å². The van der Waals surface area contributed by atoms with Gasteiger partial charge >= 0.3 is 6.18 Å². The summed E-state index contributed by atoms with van der Waals surface area (Å²) in [4.78, 5) is 14.5. The molecule has 12 heteroatoms. The summed E-state index contributed by atoms with van der Waals surface area (Å²) in [5.41, 5.74) is 0.791. The van der Waals surface area contributed by atoms with Crippen molar-refractivity contribution in [1.82, 2.24) is 25.0 Å². The Kier molecular flexibility index (Phi) is 9.53. The zero-order valence-corrected chi connectivity index (χ0v) is 21.2. The number of carbonyl (C=O) groups is 1. The number of halogens is 6. The van der Waals surface area contributed by atoms with Gasteiger partial charge in [0.05, 0.1) is 6.54 Å². The van der Waals surface area contributed by atoms with Crippen LogP contribution in [0, 0.1) is 17.5 Å². The molecule has 0 fully saturated rings. The van der Waals surface area contributed by atoms with Gasteiger partial charge in [-0.25, -0.2) is 13.2 Å². The van der Waals surface area contributed by atoms with Gasteiger partial charge in [-0.05, 0) is 30.5 Å². The van der Waals surface area contributed by atoms with Crippen LogP contribution in [0.3, 0.4) is 0 Å². The normalized spacial score (nSPS) is 14.8. The fourth-order valence-corrected chi connectivity index (χ4v) is 4.29. The lowest BCUT2D eigenvalue weighted by Crippen LogP contribution is -2.43. The molecule has 38 heavy (non-hydrogen) atoms. The number of amides is 1. The molecule has 1 aromatic heterocycles. The molecule has 3 aromatic rings. The Morgan fingerprint density at radius 3 is 2.32 bits per heavy atom. The molecule has 0 saturated carbocycles. The number of nitrogens with one attached hydrogen (secondary N) is 1. The molecule has 1 amide bonds. The van der Waals surface area contributed by atoms with Crippen LogP contribution in [0.15, 0.2) is 42.5 Å². The van der Waals surface area contributed by atoms with Gasteiger partial charge in [0.1, 0.15) is 5.82 Å². The first-order chi connectivity index (χ1) is 18.0. The van der Waals surface area contributed by atoms with Crippen LogP contribution in [0.1, 0.15) is 56.0 Å². The molecule has 1 aliphatic rings. The quantitative estimate of drug-likeness (QED) is 0.320. The van der Waals surface area contributed by atoms with Crippen molar-refractivity contribution in [3.8, 4) is 0 Å². The number of alkyl halides is 3. The highest BCUT2D eigenvalue weighted by Crippen LogP contribution is 2.29. The van der Waals surface area contributed by atoms with Gasteiger partial charge in [0.15, 0.2) is 17.5 Å². The molecule has 0 radical (unpaired) electrons. The van der Waals surface area contributed by atoms with E-state index in [0.29, 0.717) is 6.07 Å². The Balaban J connectivity index is 0.00000195. The summed E-state index contributed by atoms with van der Waals surface area (Å²) in [6, 6.07) is 9.51. The first kappa shape index (κ1) is 29.2. The number of rotatable bonds is 7. The summed E-state index contributed by atoms with van der Waals surface area (Å²) in [5, 5.41) is 10.0. The van der Waals surface area contributed by atoms with Gasteiger partial charge in [-0.3, -0.25) is 4.79 Å². The van der Waals surface area contributed by atoms with Gasteiger partial charge in [0, 0.05) is 37.7 Å². The van der Waals surface area contributed by atoms with Gasteiger partial charge in [-0.2, -0.15) is 13.2 Å². The van der Waals surface area contributed by atoms with Gasteiger partial charge in [0.25, 0.3) is 0 Å². The van der Waals surface area contributed by atoms with Crippen LogP contribution in [-0.4, -0.2) is 38.2 Å². The summed E-state index contributed by atoms with van der Waals surface area (Å²) < 4.78 is 81.8. The van der Waals surface area contributed by atoms with Crippen molar-refractivity contribution < 1.29 is 31.1 Å². The summed E-state index contributed by atoms with van der Waals surface area (Å²) in [5.74, 6) is -4.97. The maximum Gasteiger partial charge on any atom is 0.451 e. The van der Waals surface area contributed by atoms with E-state index in [0.717, 1.165) is 16.2 Å². The highest BCUT2D eigenvalue weighted by atomic mass is 19.4. The largest absolute Gasteiger partial charge is 0.451 e. The molecular formula is C26H29F6N5O. The summed E-state index contributed by atoms with van der Waals surface area (Å²) in [6.45, 7) is 5.56. The van der Waals surface area contributed by atoms with Crippen molar-refractivity contribution in [3.63, 3.8) is 0 Å². The minimum atomic E-state index is -4.66. The highest BCUT2D eigenvalue weighted by Gasteiger charge is 2.40. The van der Waals surface area contributed by atoms with E-state index in [1.807, 2.05) is 51.1 Å². The van der Waals surface area contributed by atoms with Crippen LogP contribution in [0.5, 0.6) is 0 Å². The number of hydrogen-bond donors (Lipinski definition) is 1. The molecule has 6 nitrogen and oxygen atoms in total. The van der Waals surface area contributed by atoms with E-state index < -0.39 is 41.4 Å². The van der Waals surface area contributed by atoms with E-state index in [9.17, 15) is 31.1 Å². The zero-order valence-electron chi connectivity index (χ0n) is 21.2. The average molecular weight is 542 g/mol. The van der Waals surface area contributed by atoms with Gasteiger partial charge in [-0.1, -0.05) is 44.2 Å². The van der Waals surface area contributed by atoms with Crippen LogP contribution < -0.4 is 5.32 Å². The molecule has 0 aliphatic carbocycles. The minimum absolute atomic E-state index is 0.00739. The number of hydrogen-bond acceptors (Lipinski definition) is 4. The van der Waals surface area contributed by atoms with Crippen molar-refractivity contribution in [2.75, 3.05) is 6.54 Å². The fraction of sp³-hybridized carbons (Fsp3) is 0.423. The van der Waals surface area contributed by atoms with E-state index in [2.05, 4.69) is 15.5 Å². The maximum absolute atomic E-state index is 14.4. The fourth-order valence-electron chi connectivity index (χ4n) is 4.29. The molecule has 2 aromatic carbocycles. The van der Waals surface area contributed by atoms with Crippen molar-refractivity contribution >= 4 is 5.91 Å². The summed E-state index contributed by atoms with van der Waals surface area (Å²) in [6.07, 6.45) is -4.93. The molecule has 4 rings (SSSR count). The molecular weight excluding hydrogens is 512 g/mol. The third kappa shape index (κ3) is 6.91. The molecule has 2 unspecified atom stereocenters. The van der Waals surface area contributed by atoms with Gasteiger partial charge in [-0.15, -0.1) is 10.2 Å². The monoisotopic (exact) mass is 541 g/mol. The van der Waals surface area contributed by atoms with Crippen molar-refractivity contribution in [2.45, 2.75) is 65.0 Å². The standard InChI is InChI=1S/C24H23F6N5O.C2H6/c1-14(15-5-3-2-4-6-15)31-17(9-16-10-19(26)20(27)12-18(16)25)11-22(36)34-7-8-35-21(13-34)32-33-23(35)24(28,29)30;1-2/h2-6,10,12,14,17,31H,7-9,11,13H2,1H3;1-2H3. The zero-order chi connectivity index (χ0) is 28.0. The SMILES string of the molecule is CC.CC(NC(CC(=O)N1CCn2c(nnc2C(F)(F)F)C1)Cc1cc(F)c(F)cc1F)c1ccccc1. The third-order valence-corrected chi connectivity index (χ3v) is 6.12. The van der Waals surface area contributed by atoms with E-state index in [4.69, 9.17) is 0 Å². The Bertz CT molecular complexity index is 1230. The number of nitrogens with zero attached hydrogens (tertiary/aromatic N) is 4. The van der Waals surface area contributed by atoms with Gasteiger partial charge in [0.2, 0.25) is 11.7 Å². The van der Waals surface area contributed by atoms with Crippen LogP contribution in [0.2, 0.25) is 0 Å². The Hall–Kier alpha value is -3.41. The Morgan fingerprint density at radius 1 is 1.00 bits per heavy atom. The lowest BCUT2D eigenvalue weighted by atomic mass is 9.99. The van der Waals surface area contributed by atoms with Crippen molar-refractivity contribution in [3.05, 3.63) is 82.7 Å². The number of aromatic nitrogens is 3. The highest BCUT2D eigenvalue weighted by molar-refractivity contribution is 5.77. The second-order valence-electron chi connectivity index (χ2n) is 8.67. The first-order valence-electron chi connectivity index (χ1n) is 12.2.